The van der Waals surface area contributed by atoms with Crippen molar-refractivity contribution in [2.75, 3.05) is 27.2 Å². The molecule has 4 rings (SSSR count). The van der Waals surface area contributed by atoms with Crippen molar-refractivity contribution < 1.29 is 9.53 Å². The first-order chi connectivity index (χ1) is 12.1. The van der Waals surface area contributed by atoms with E-state index in [0.717, 1.165) is 30.3 Å². The molecule has 0 unspecified atom stereocenters. The number of hydrogen-bond acceptors (Lipinski definition) is 3. The van der Waals surface area contributed by atoms with Gasteiger partial charge in [0.1, 0.15) is 6.61 Å². The quantitative estimate of drug-likeness (QED) is 0.741. The highest BCUT2D eigenvalue weighted by atomic mass is 16.5. The van der Waals surface area contributed by atoms with Crippen molar-refractivity contribution in [1.82, 2.24) is 9.88 Å². The Morgan fingerprint density at radius 1 is 1.12 bits per heavy atom. The van der Waals surface area contributed by atoms with E-state index in [2.05, 4.69) is 35.3 Å². The Morgan fingerprint density at radius 3 is 2.80 bits per heavy atom. The summed E-state index contributed by atoms with van der Waals surface area (Å²) in [6, 6.07) is 14.4. The molecule has 1 N–H and O–H groups in total. The third-order valence-corrected chi connectivity index (χ3v) is 4.83. The third kappa shape index (κ3) is 2.83. The van der Waals surface area contributed by atoms with Gasteiger partial charge in [0, 0.05) is 23.2 Å². The number of esters is 1. The van der Waals surface area contributed by atoms with Crippen LogP contribution in [0.1, 0.15) is 21.6 Å². The normalized spacial score (nSPS) is 12.9. The van der Waals surface area contributed by atoms with Crippen molar-refractivity contribution in [3.63, 3.8) is 0 Å². The Bertz CT molecular complexity index is 940. The summed E-state index contributed by atoms with van der Waals surface area (Å²) in [6.45, 7) is 1.11. The number of fused-ring (bicyclic) bond motifs is 5. The van der Waals surface area contributed by atoms with Gasteiger partial charge in [0.2, 0.25) is 0 Å². The Balaban J connectivity index is 1.75. The lowest BCUT2D eigenvalue weighted by atomic mass is 9.88. The van der Waals surface area contributed by atoms with Crippen molar-refractivity contribution in [2.24, 2.45) is 0 Å². The molecule has 0 saturated carbocycles. The maximum absolute atomic E-state index is 12.5. The number of likely N-dealkylation sites (N-methyl/N-ethyl adjacent to an activating group) is 1. The first kappa shape index (κ1) is 15.9. The van der Waals surface area contributed by atoms with Crippen LogP contribution in [-0.4, -0.2) is 43.1 Å². The van der Waals surface area contributed by atoms with Crippen molar-refractivity contribution in [2.45, 2.75) is 12.8 Å². The van der Waals surface area contributed by atoms with Gasteiger partial charge in [-0.1, -0.05) is 36.4 Å². The fourth-order valence-electron chi connectivity index (χ4n) is 3.58. The molecule has 1 aliphatic rings. The zero-order chi connectivity index (χ0) is 17.4. The van der Waals surface area contributed by atoms with Crippen molar-refractivity contribution >= 4 is 16.9 Å². The monoisotopic (exact) mass is 334 g/mol. The summed E-state index contributed by atoms with van der Waals surface area (Å²) in [5.41, 5.74) is 6.59. The van der Waals surface area contributed by atoms with Crippen LogP contribution in [-0.2, 0) is 17.6 Å². The second-order valence-corrected chi connectivity index (χ2v) is 6.80. The summed E-state index contributed by atoms with van der Waals surface area (Å²) in [6.07, 6.45) is 1.99. The largest absolute Gasteiger partial charge is 0.461 e. The number of aromatic amines is 1. The molecule has 2 aromatic carbocycles. The van der Waals surface area contributed by atoms with Gasteiger partial charge in [0.25, 0.3) is 0 Å². The predicted molar refractivity (Wildman–Crippen MR) is 100.0 cm³/mol. The molecule has 3 aromatic rings. The maximum Gasteiger partial charge on any atom is 0.340 e. The smallest absolute Gasteiger partial charge is 0.340 e. The molecule has 25 heavy (non-hydrogen) atoms. The number of aryl methyl sites for hydroxylation is 2. The summed E-state index contributed by atoms with van der Waals surface area (Å²) in [5, 5.41) is 1.10. The van der Waals surface area contributed by atoms with Gasteiger partial charge in [0.05, 0.1) is 11.1 Å². The Hall–Kier alpha value is -2.59. The molecule has 1 aliphatic carbocycles. The van der Waals surface area contributed by atoms with Crippen molar-refractivity contribution in [3.8, 4) is 11.1 Å². The van der Waals surface area contributed by atoms with E-state index in [4.69, 9.17) is 4.74 Å². The lowest BCUT2D eigenvalue weighted by Crippen LogP contribution is -2.20. The summed E-state index contributed by atoms with van der Waals surface area (Å²) >= 11 is 0. The number of ether oxygens (including phenoxy) is 1. The number of nitrogens with zero attached hydrogens (tertiary/aromatic N) is 1. The Kier molecular flexibility index (Phi) is 4.06. The van der Waals surface area contributed by atoms with Crippen LogP contribution in [0.15, 0.2) is 42.5 Å². The highest BCUT2D eigenvalue weighted by Crippen LogP contribution is 2.39. The van der Waals surface area contributed by atoms with E-state index in [9.17, 15) is 4.79 Å². The topological polar surface area (TPSA) is 45.3 Å². The molecular formula is C21H22N2O2. The molecule has 0 atom stereocenters. The van der Waals surface area contributed by atoms with Gasteiger partial charge >= 0.3 is 5.97 Å². The molecule has 0 bridgehead atoms. The molecule has 1 aromatic heterocycles. The molecule has 4 nitrogen and oxygen atoms in total. The Labute approximate surface area is 147 Å². The van der Waals surface area contributed by atoms with E-state index in [0.29, 0.717) is 12.2 Å². The van der Waals surface area contributed by atoms with Crippen LogP contribution in [0.4, 0.5) is 0 Å². The SMILES string of the molecule is CN(C)CCOC(=O)c1cccc2c3c([nH]c12)CCc1ccccc1-3. The zero-order valence-corrected chi connectivity index (χ0v) is 14.6. The highest BCUT2D eigenvalue weighted by Gasteiger charge is 2.23. The van der Waals surface area contributed by atoms with Gasteiger partial charge in [-0.25, -0.2) is 4.79 Å². The van der Waals surface area contributed by atoms with Gasteiger partial charge in [0.15, 0.2) is 0 Å². The molecular weight excluding hydrogens is 312 g/mol. The van der Waals surface area contributed by atoms with Crippen LogP contribution in [0.2, 0.25) is 0 Å². The number of para-hydroxylation sites is 1. The zero-order valence-electron chi connectivity index (χ0n) is 14.6. The van der Waals surface area contributed by atoms with E-state index >= 15 is 0 Å². The fourth-order valence-corrected chi connectivity index (χ4v) is 3.58. The van der Waals surface area contributed by atoms with E-state index in [-0.39, 0.29) is 5.97 Å². The highest BCUT2D eigenvalue weighted by molar-refractivity contribution is 6.09. The van der Waals surface area contributed by atoms with Gasteiger partial charge in [-0.2, -0.15) is 0 Å². The van der Waals surface area contributed by atoms with E-state index in [1.807, 2.05) is 31.1 Å². The minimum Gasteiger partial charge on any atom is -0.461 e. The average Bonchev–Trinajstić information content (AvgIpc) is 3.00. The van der Waals surface area contributed by atoms with Crippen LogP contribution in [0.25, 0.3) is 22.0 Å². The number of hydrogen-bond donors (Lipinski definition) is 1. The summed E-state index contributed by atoms with van der Waals surface area (Å²) in [7, 11) is 3.93. The first-order valence-electron chi connectivity index (χ1n) is 8.69. The van der Waals surface area contributed by atoms with Crippen molar-refractivity contribution in [3.05, 3.63) is 59.3 Å². The number of carbonyl (C=O) groups is 1. The number of H-pyrrole nitrogens is 1. The molecule has 0 aliphatic heterocycles. The number of rotatable bonds is 4. The summed E-state index contributed by atoms with van der Waals surface area (Å²) in [4.78, 5) is 18.0. The minimum absolute atomic E-state index is 0.265. The van der Waals surface area contributed by atoms with E-state index in [1.54, 1.807) is 0 Å². The summed E-state index contributed by atoms with van der Waals surface area (Å²) < 4.78 is 5.45. The lowest BCUT2D eigenvalue weighted by Gasteiger charge is -2.16. The van der Waals surface area contributed by atoms with Crippen LogP contribution in [0, 0.1) is 0 Å². The molecule has 0 amide bonds. The van der Waals surface area contributed by atoms with Crippen LogP contribution in [0.5, 0.6) is 0 Å². The molecule has 0 saturated heterocycles. The fraction of sp³-hybridized carbons (Fsp3) is 0.286. The number of aromatic nitrogens is 1. The molecule has 0 fully saturated rings. The van der Waals surface area contributed by atoms with Gasteiger partial charge in [-0.3, -0.25) is 0 Å². The van der Waals surface area contributed by atoms with Crippen molar-refractivity contribution in [1.29, 1.82) is 0 Å². The third-order valence-electron chi connectivity index (χ3n) is 4.83. The number of carbonyl (C=O) groups excluding carboxylic acids is 1. The van der Waals surface area contributed by atoms with E-state index < -0.39 is 0 Å². The summed E-state index contributed by atoms with van der Waals surface area (Å²) in [5.74, 6) is -0.265. The van der Waals surface area contributed by atoms with E-state index in [1.165, 1.54) is 22.4 Å². The number of benzene rings is 2. The molecule has 0 spiro atoms. The molecule has 128 valence electrons. The van der Waals surface area contributed by atoms with Gasteiger partial charge in [-0.15, -0.1) is 0 Å². The van der Waals surface area contributed by atoms with Crippen LogP contribution in [0.3, 0.4) is 0 Å². The standard InChI is InChI=1S/C21H22N2O2/c1-23(2)12-13-25-21(24)17-9-5-8-16-19-15-7-4-3-6-14(15)10-11-18(19)22-20(16)17/h3-9,22H,10-13H2,1-2H3. The van der Waals surface area contributed by atoms with Gasteiger partial charge < -0.3 is 14.6 Å². The predicted octanol–water partition coefficient (Wildman–Crippen LogP) is 3.65. The molecule has 1 heterocycles. The second kappa shape index (κ2) is 6.37. The molecule has 0 radical (unpaired) electrons. The maximum atomic E-state index is 12.5. The lowest BCUT2D eigenvalue weighted by molar-refractivity contribution is 0.0484. The Morgan fingerprint density at radius 2 is 1.96 bits per heavy atom. The minimum atomic E-state index is -0.265. The number of nitrogens with one attached hydrogen (secondary N) is 1. The van der Waals surface area contributed by atoms with Crippen LogP contribution < -0.4 is 0 Å². The average molecular weight is 334 g/mol. The van der Waals surface area contributed by atoms with Gasteiger partial charge in [-0.05, 0) is 44.1 Å². The molecule has 4 heteroatoms. The first-order valence-corrected chi connectivity index (χ1v) is 8.69. The van der Waals surface area contributed by atoms with Crippen LogP contribution >= 0.6 is 0 Å². The second-order valence-electron chi connectivity index (χ2n) is 6.80.